The lowest BCUT2D eigenvalue weighted by Crippen LogP contribution is -2.51. The SMILES string of the molecule is COC(=O)NC(C(=O)N1CCCC1c1ncc(-c2ccc(-c3ccc(-c4cnc(C5CCCN5C(=O)C(NC(=O)O)C(C)C)[nH]4)cc3)s2)[nH]1)C(C)C. The summed E-state index contributed by atoms with van der Waals surface area (Å²) in [7, 11) is 1.29. The Balaban J connectivity index is 1.12. The van der Waals surface area contributed by atoms with Crippen LogP contribution in [0, 0.1) is 11.8 Å². The number of hydrogen-bond donors (Lipinski definition) is 5. The molecule has 276 valence electrons. The van der Waals surface area contributed by atoms with Crippen molar-refractivity contribution in [3.05, 3.63) is 60.4 Å². The number of nitrogens with one attached hydrogen (secondary N) is 4. The molecule has 4 aromatic rings. The van der Waals surface area contributed by atoms with Gasteiger partial charge in [0.05, 0.1) is 47.9 Å². The highest BCUT2D eigenvalue weighted by Crippen LogP contribution is 2.38. The van der Waals surface area contributed by atoms with Crippen LogP contribution in [-0.4, -0.2) is 91.1 Å². The second-order valence-electron chi connectivity index (χ2n) is 14.0. The lowest BCUT2D eigenvalue weighted by Gasteiger charge is -2.30. The molecule has 0 bridgehead atoms. The maximum atomic E-state index is 13.5. The van der Waals surface area contributed by atoms with E-state index in [2.05, 4.69) is 54.8 Å². The van der Waals surface area contributed by atoms with E-state index in [-0.39, 0.29) is 35.7 Å². The molecule has 2 fully saturated rings. The maximum absolute atomic E-state index is 13.5. The molecule has 0 aliphatic carbocycles. The normalized spacial score (nSPS) is 18.5. The zero-order chi connectivity index (χ0) is 37.1. The number of likely N-dealkylation sites (tertiary alicyclic amines) is 2. The van der Waals surface area contributed by atoms with Gasteiger partial charge in [0.15, 0.2) is 0 Å². The predicted molar refractivity (Wildman–Crippen MR) is 196 cm³/mol. The Hall–Kier alpha value is -5.18. The van der Waals surface area contributed by atoms with Crippen molar-refractivity contribution in [1.82, 2.24) is 40.4 Å². The summed E-state index contributed by atoms with van der Waals surface area (Å²) in [4.78, 5) is 72.0. The zero-order valence-electron chi connectivity index (χ0n) is 30.0. The average Bonchev–Trinajstić information content (AvgIpc) is 3.97. The lowest BCUT2D eigenvalue weighted by molar-refractivity contribution is -0.136. The first-order chi connectivity index (χ1) is 24.9. The summed E-state index contributed by atoms with van der Waals surface area (Å²) in [6.45, 7) is 8.59. The molecule has 14 nitrogen and oxygen atoms in total. The Morgan fingerprint density at radius 1 is 0.769 bits per heavy atom. The first kappa shape index (κ1) is 36.6. The van der Waals surface area contributed by atoms with Crippen LogP contribution in [0.3, 0.4) is 0 Å². The first-order valence-electron chi connectivity index (χ1n) is 17.7. The summed E-state index contributed by atoms with van der Waals surface area (Å²) >= 11 is 1.64. The maximum Gasteiger partial charge on any atom is 0.407 e. The van der Waals surface area contributed by atoms with Crippen LogP contribution in [0.4, 0.5) is 9.59 Å². The van der Waals surface area contributed by atoms with Crippen molar-refractivity contribution in [3.8, 4) is 32.3 Å². The summed E-state index contributed by atoms with van der Waals surface area (Å²) in [6, 6.07) is 10.4. The molecule has 2 aliphatic heterocycles. The predicted octanol–water partition coefficient (Wildman–Crippen LogP) is 6.20. The standard InChI is InChI=1S/C37H46N8O6S/c1-20(2)30(42-36(48)49)34(46)44-16-6-8-26(44)32-38-18-24(40-32)22-10-12-23(13-11-22)28-14-15-29(52-28)25-19-39-33(41-25)27-9-7-17-45(27)35(47)31(21(3)4)43-37(50)51-5/h10-15,18-21,26-27,30-31,42H,6-9,16-17H2,1-5H3,(H,38,40)(H,39,41)(H,43,50)(H,48,49). The van der Waals surface area contributed by atoms with E-state index in [4.69, 9.17) is 4.74 Å². The molecule has 4 unspecified atom stereocenters. The molecule has 4 amide bonds. The summed E-state index contributed by atoms with van der Waals surface area (Å²) in [5, 5.41) is 14.3. The third kappa shape index (κ3) is 7.69. The van der Waals surface area contributed by atoms with Crippen molar-refractivity contribution in [2.24, 2.45) is 11.8 Å². The highest BCUT2D eigenvalue weighted by molar-refractivity contribution is 7.18. The minimum Gasteiger partial charge on any atom is -0.465 e. The van der Waals surface area contributed by atoms with Gasteiger partial charge in [-0.3, -0.25) is 9.59 Å². The van der Waals surface area contributed by atoms with Crippen LogP contribution in [-0.2, 0) is 14.3 Å². The fraction of sp³-hybridized carbons (Fsp3) is 0.459. The largest absolute Gasteiger partial charge is 0.465 e. The first-order valence-corrected chi connectivity index (χ1v) is 18.5. The van der Waals surface area contributed by atoms with Crippen molar-refractivity contribution in [3.63, 3.8) is 0 Å². The van der Waals surface area contributed by atoms with Gasteiger partial charge in [-0.15, -0.1) is 11.3 Å². The van der Waals surface area contributed by atoms with E-state index in [9.17, 15) is 24.3 Å². The van der Waals surface area contributed by atoms with Gasteiger partial charge in [-0.1, -0.05) is 52.0 Å². The number of imidazole rings is 2. The van der Waals surface area contributed by atoms with Gasteiger partial charge in [-0.25, -0.2) is 19.6 Å². The molecule has 2 saturated heterocycles. The van der Waals surface area contributed by atoms with Gasteiger partial charge in [-0.05, 0) is 60.8 Å². The molecule has 4 atom stereocenters. The van der Waals surface area contributed by atoms with Crippen molar-refractivity contribution in [1.29, 1.82) is 0 Å². The molecule has 0 radical (unpaired) electrons. The highest BCUT2D eigenvalue weighted by Gasteiger charge is 2.39. The number of hydrogen-bond acceptors (Lipinski definition) is 8. The average molecular weight is 731 g/mol. The number of carbonyl (C=O) groups is 4. The van der Waals surface area contributed by atoms with Gasteiger partial charge in [0.2, 0.25) is 11.8 Å². The van der Waals surface area contributed by atoms with E-state index >= 15 is 0 Å². The zero-order valence-corrected chi connectivity index (χ0v) is 30.8. The number of nitrogens with zero attached hydrogens (tertiary/aromatic N) is 4. The van der Waals surface area contributed by atoms with Gasteiger partial charge in [0.1, 0.15) is 23.7 Å². The van der Waals surface area contributed by atoms with Crippen LogP contribution < -0.4 is 10.6 Å². The number of methoxy groups -OCH3 is 1. The van der Waals surface area contributed by atoms with E-state index in [0.717, 1.165) is 63.8 Å². The van der Waals surface area contributed by atoms with Crippen molar-refractivity contribution >= 4 is 35.3 Å². The van der Waals surface area contributed by atoms with Gasteiger partial charge in [-0.2, -0.15) is 0 Å². The molecular weight excluding hydrogens is 685 g/mol. The summed E-state index contributed by atoms with van der Waals surface area (Å²) in [6.07, 6.45) is 4.93. The number of aromatic amines is 2. The molecule has 0 saturated carbocycles. The number of benzene rings is 1. The summed E-state index contributed by atoms with van der Waals surface area (Å²) in [5.74, 6) is 0.742. The van der Waals surface area contributed by atoms with Crippen LogP contribution in [0.2, 0.25) is 0 Å². The van der Waals surface area contributed by atoms with E-state index in [1.165, 1.54) is 7.11 Å². The molecule has 2 aliphatic rings. The monoisotopic (exact) mass is 730 g/mol. The van der Waals surface area contributed by atoms with E-state index < -0.39 is 24.3 Å². The minimum absolute atomic E-state index is 0.107. The molecule has 0 spiro atoms. The Kier molecular flexibility index (Phi) is 11.0. The van der Waals surface area contributed by atoms with Crippen LogP contribution in [0.15, 0.2) is 48.8 Å². The fourth-order valence-corrected chi connectivity index (χ4v) is 8.05. The quantitative estimate of drug-likeness (QED) is 0.121. The smallest absolute Gasteiger partial charge is 0.407 e. The number of rotatable bonds is 11. The highest BCUT2D eigenvalue weighted by atomic mass is 32.1. The molecule has 52 heavy (non-hydrogen) atoms. The van der Waals surface area contributed by atoms with Gasteiger partial charge >= 0.3 is 12.2 Å². The van der Waals surface area contributed by atoms with Crippen LogP contribution in [0.25, 0.3) is 32.3 Å². The van der Waals surface area contributed by atoms with Crippen LogP contribution in [0.5, 0.6) is 0 Å². The Bertz CT molecular complexity index is 1900. The topological polar surface area (TPSA) is 186 Å². The van der Waals surface area contributed by atoms with Crippen molar-refractivity contribution < 1.29 is 29.0 Å². The number of ether oxygens (including phenoxy) is 1. The number of carboxylic acid groups (broad SMARTS) is 1. The van der Waals surface area contributed by atoms with E-state index in [0.29, 0.717) is 18.9 Å². The Morgan fingerprint density at radius 2 is 1.27 bits per heavy atom. The molecule has 5 heterocycles. The van der Waals surface area contributed by atoms with E-state index in [1.807, 2.05) is 46.0 Å². The van der Waals surface area contributed by atoms with Crippen LogP contribution in [0.1, 0.15) is 77.1 Å². The molecule has 6 rings (SSSR count). The third-order valence-corrected chi connectivity index (χ3v) is 11.0. The Morgan fingerprint density at radius 3 is 1.81 bits per heavy atom. The van der Waals surface area contributed by atoms with Crippen molar-refractivity contribution in [2.45, 2.75) is 77.5 Å². The number of alkyl carbamates (subject to hydrolysis) is 1. The molecule has 1 aromatic carbocycles. The van der Waals surface area contributed by atoms with E-state index in [1.54, 1.807) is 27.3 Å². The molecular formula is C37H46N8O6S. The number of amides is 4. The summed E-state index contributed by atoms with van der Waals surface area (Å²) in [5.41, 5.74) is 3.72. The molecule has 5 N–H and O–H groups in total. The minimum atomic E-state index is -1.21. The molecule has 3 aromatic heterocycles. The fourth-order valence-electron chi connectivity index (χ4n) is 7.07. The Labute approximate surface area is 306 Å². The molecule has 15 heteroatoms. The van der Waals surface area contributed by atoms with Crippen molar-refractivity contribution in [2.75, 3.05) is 20.2 Å². The number of thiophene rings is 1. The van der Waals surface area contributed by atoms with Gasteiger partial charge < -0.3 is 40.2 Å². The third-order valence-electron chi connectivity index (χ3n) is 9.85. The van der Waals surface area contributed by atoms with Crippen LogP contribution >= 0.6 is 11.3 Å². The number of carbonyl (C=O) groups excluding carboxylic acids is 3. The summed E-state index contributed by atoms with van der Waals surface area (Å²) < 4.78 is 4.75. The second kappa shape index (κ2) is 15.6. The number of aromatic nitrogens is 4. The van der Waals surface area contributed by atoms with Gasteiger partial charge in [0, 0.05) is 18.0 Å². The second-order valence-corrected chi connectivity index (χ2v) is 15.1. The lowest BCUT2D eigenvalue weighted by atomic mass is 10.0. The number of H-pyrrole nitrogens is 2. The van der Waals surface area contributed by atoms with Gasteiger partial charge in [0.25, 0.3) is 0 Å².